The summed E-state index contributed by atoms with van der Waals surface area (Å²) in [4.78, 5) is 16.5. The zero-order valence-corrected chi connectivity index (χ0v) is 16.1. The number of piperazine rings is 1. The van der Waals surface area contributed by atoms with Crippen molar-refractivity contribution in [3.63, 3.8) is 0 Å². The van der Waals surface area contributed by atoms with Gasteiger partial charge < -0.3 is 14.5 Å². The van der Waals surface area contributed by atoms with Crippen molar-refractivity contribution < 1.29 is 13.9 Å². The maximum Gasteiger partial charge on any atom is 0.256 e. The smallest absolute Gasteiger partial charge is 0.256 e. The van der Waals surface area contributed by atoms with Crippen molar-refractivity contribution in [3.8, 4) is 5.75 Å². The van der Waals surface area contributed by atoms with Gasteiger partial charge in [-0.1, -0.05) is 42.5 Å². The van der Waals surface area contributed by atoms with E-state index < -0.39 is 5.82 Å². The SMILES string of the molecule is O=C(c1ccccc1F)N1CCN(c2ccc(OCc3ccccc3)cc2)CC1. The molecule has 1 aliphatic heterocycles. The van der Waals surface area contributed by atoms with E-state index in [9.17, 15) is 9.18 Å². The van der Waals surface area contributed by atoms with E-state index in [0.29, 0.717) is 32.8 Å². The molecular weight excluding hydrogens is 367 g/mol. The van der Waals surface area contributed by atoms with Crippen LogP contribution in [0.3, 0.4) is 0 Å². The predicted molar refractivity (Wildman–Crippen MR) is 112 cm³/mol. The molecule has 0 atom stereocenters. The van der Waals surface area contributed by atoms with E-state index in [-0.39, 0.29) is 11.5 Å². The van der Waals surface area contributed by atoms with Crippen LogP contribution in [0.25, 0.3) is 0 Å². The van der Waals surface area contributed by atoms with Crippen LogP contribution >= 0.6 is 0 Å². The van der Waals surface area contributed by atoms with Gasteiger partial charge >= 0.3 is 0 Å². The molecule has 1 amide bonds. The highest BCUT2D eigenvalue weighted by Gasteiger charge is 2.24. The molecule has 4 rings (SSSR count). The molecule has 3 aromatic carbocycles. The maximum atomic E-state index is 13.9. The van der Waals surface area contributed by atoms with Gasteiger partial charge in [-0.3, -0.25) is 4.79 Å². The van der Waals surface area contributed by atoms with Crippen LogP contribution in [-0.4, -0.2) is 37.0 Å². The third-order valence-corrected chi connectivity index (χ3v) is 5.12. The van der Waals surface area contributed by atoms with E-state index in [2.05, 4.69) is 4.90 Å². The second kappa shape index (κ2) is 8.78. The third-order valence-electron chi connectivity index (χ3n) is 5.12. The molecule has 0 aliphatic carbocycles. The third kappa shape index (κ3) is 4.57. The first kappa shape index (κ1) is 19.0. The highest BCUT2D eigenvalue weighted by atomic mass is 19.1. The van der Waals surface area contributed by atoms with Crippen molar-refractivity contribution in [1.82, 2.24) is 4.90 Å². The van der Waals surface area contributed by atoms with Crippen LogP contribution in [0.4, 0.5) is 10.1 Å². The fourth-order valence-electron chi connectivity index (χ4n) is 3.47. The number of carbonyl (C=O) groups is 1. The van der Waals surface area contributed by atoms with Gasteiger partial charge in [0.2, 0.25) is 0 Å². The molecule has 148 valence electrons. The highest BCUT2D eigenvalue weighted by molar-refractivity contribution is 5.94. The normalized spacial score (nSPS) is 14.0. The van der Waals surface area contributed by atoms with Crippen LogP contribution in [0.1, 0.15) is 15.9 Å². The molecule has 0 spiro atoms. The van der Waals surface area contributed by atoms with E-state index in [0.717, 1.165) is 17.0 Å². The zero-order chi connectivity index (χ0) is 20.1. The molecule has 0 N–H and O–H groups in total. The highest BCUT2D eigenvalue weighted by Crippen LogP contribution is 2.22. The molecule has 1 aliphatic rings. The lowest BCUT2D eigenvalue weighted by atomic mass is 10.1. The van der Waals surface area contributed by atoms with Gasteiger partial charge in [0.15, 0.2) is 0 Å². The molecule has 0 saturated carbocycles. The second-order valence-corrected chi connectivity index (χ2v) is 7.03. The van der Waals surface area contributed by atoms with Gasteiger partial charge in [0.05, 0.1) is 5.56 Å². The monoisotopic (exact) mass is 390 g/mol. The molecule has 5 heteroatoms. The van der Waals surface area contributed by atoms with Gasteiger partial charge in [-0.05, 0) is 42.0 Å². The van der Waals surface area contributed by atoms with E-state index in [1.54, 1.807) is 17.0 Å². The number of hydrogen-bond acceptors (Lipinski definition) is 3. The first-order chi connectivity index (χ1) is 14.2. The zero-order valence-electron chi connectivity index (χ0n) is 16.1. The Bertz CT molecular complexity index is 952. The Labute approximate surface area is 170 Å². The van der Waals surface area contributed by atoms with Crippen LogP contribution in [0, 0.1) is 5.82 Å². The predicted octanol–water partition coefficient (Wildman–Crippen LogP) is 4.37. The topological polar surface area (TPSA) is 32.8 Å². The minimum absolute atomic E-state index is 0.140. The Morgan fingerprint density at radius 2 is 1.48 bits per heavy atom. The van der Waals surface area contributed by atoms with Gasteiger partial charge in [0.25, 0.3) is 5.91 Å². The summed E-state index contributed by atoms with van der Waals surface area (Å²) in [5.41, 5.74) is 2.36. The molecular formula is C24H23FN2O2. The minimum Gasteiger partial charge on any atom is -0.489 e. The molecule has 1 fully saturated rings. The number of hydrogen-bond donors (Lipinski definition) is 0. The van der Waals surface area contributed by atoms with E-state index in [1.807, 2.05) is 54.6 Å². The quantitative estimate of drug-likeness (QED) is 0.649. The molecule has 0 aromatic heterocycles. The standard InChI is InChI=1S/C24H23FN2O2/c25-23-9-5-4-8-22(23)24(28)27-16-14-26(15-17-27)20-10-12-21(13-11-20)29-18-19-6-2-1-3-7-19/h1-13H,14-18H2. The average Bonchev–Trinajstić information content (AvgIpc) is 2.79. The van der Waals surface area contributed by atoms with Gasteiger partial charge in [-0.25, -0.2) is 4.39 Å². The van der Waals surface area contributed by atoms with E-state index in [1.165, 1.54) is 12.1 Å². The molecule has 0 unspecified atom stereocenters. The Kier molecular flexibility index (Phi) is 5.75. The Balaban J connectivity index is 1.31. The summed E-state index contributed by atoms with van der Waals surface area (Å²) in [6, 6.07) is 24.2. The number of nitrogens with zero attached hydrogens (tertiary/aromatic N) is 2. The first-order valence-corrected chi connectivity index (χ1v) is 9.76. The lowest BCUT2D eigenvalue weighted by Crippen LogP contribution is -2.49. The Hall–Kier alpha value is -3.34. The van der Waals surface area contributed by atoms with Gasteiger partial charge in [-0.2, -0.15) is 0 Å². The van der Waals surface area contributed by atoms with Crippen molar-refractivity contribution in [2.45, 2.75) is 6.61 Å². The van der Waals surface area contributed by atoms with E-state index >= 15 is 0 Å². The minimum atomic E-state index is -0.467. The average molecular weight is 390 g/mol. The number of amides is 1. The molecule has 0 radical (unpaired) electrons. The molecule has 1 heterocycles. The second-order valence-electron chi connectivity index (χ2n) is 7.03. The van der Waals surface area contributed by atoms with Gasteiger partial charge in [0.1, 0.15) is 18.2 Å². The number of anilines is 1. The molecule has 0 bridgehead atoms. The maximum absolute atomic E-state index is 13.9. The summed E-state index contributed by atoms with van der Waals surface area (Å²) in [6.07, 6.45) is 0. The van der Waals surface area contributed by atoms with Crippen molar-refractivity contribution >= 4 is 11.6 Å². The van der Waals surface area contributed by atoms with Gasteiger partial charge in [0, 0.05) is 31.9 Å². The number of halogens is 1. The number of ether oxygens (including phenoxy) is 1. The van der Waals surface area contributed by atoms with Crippen LogP contribution in [0.15, 0.2) is 78.9 Å². The van der Waals surface area contributed by atoms with E-state index in [4.69, 9.17) is 4.74 Å². The fourth-order valence-corrected chi connectivity index (χ4v) is 3.47. The Morgan fingerprint density at radius 1 is 0.828 bits per heavy atom. The summed E-state index contributed by atoms with van der Waals surface area (Å²) >= 11 is 0. The van der Waals surface area contributed by atoms with Crippen molar-refractivity contribution in [2.24, 2.45) is 0 Å². The van der Waals surface area contributed by atoms with Crippen molar-refractivity contribution in [1.29, 1.82) is 0 Å². The summed E-state index contributed by atoms with van der Waals surface area (Å²) in [5.74, 6) is 0.115. The lowest BCUT2D eigenvalue weighted by Gasteiger charge is -2.36. The largest absolute Gasteiger partial charge is 0.489 e. The summed E-state index contributed by atoms with van der Waals surface area (Å²) < 4.78 is 19.7. The number of benzene rings is 3. The first-order valence-electron chi connectivity index (χ1n) is 9.76. The van der Waals surface area contributed by atoms with Crippen molar-refractivity contribution in [3.05, 3.63) is 95.8 Å². The summed E-state index contributed by atoms with van der Waals surface area (Å²) in [6.45, 7) is 3.10. The van der Waals surface area contributed by atoms with Crippen LogP contribution in [-0.2, 0) is 6.61 Å². The summed E-state index contributed by atoms with van der Waals surface area (Å²) in [5, 5.41) is 0. The van der Waals surface area contributed by atoms with Crippen LogP contribution < -0.4 is 9.64 Å². The Morgan fingerprint density at radius 3 is 2.17 bits per heavy atom. The van der Waals surface area contributed by atoms with Crippen LogP contribution in [0.5, 0.6) is 5.75 Å². The van der Waals surface area contributed by atoms with Crippen LogP contribution in [0.2, 0.25) is 0 Å². The number of rotatable bonds is 5. The lowest BCUT2D eigenvalue weighted by molar-refractivity contribution is 0.0742. The fraction of sp³-hybridized carbons (Fsp3) is 0.208. The molecule has 3 aromatic rings. The molecule has 1 saturated heterocycles. The summed E-state index contributed by atoms with van der Waals surface area (Å²) in [7, 11) is 0. The molecule has 29 heavy (non-hydrogen) atoms. The van der Waals surface area contributed by atoms with Gasteiger partial charge in [-0.15, -0.1) is 0 Å². The molecule has 4 nitrogen and oxygen atoms in total. The van der Waals surface area contributed by atoms with Crippen molar-refractivity contribution in [2.75, 3.05) is 31.1 Å². The number of carbonyl (C=O) groups excluding carboxylic acids is 1.